The Kier molecular flexibility index (Phi) is 11.2. The highest BCUT2D eigenvalue weighted by Crippen LogP contribution is 2.38. The van der Waals surface area contributed by atoms with E-state index in [2.05, 4.69) is 36.7 Å². The first-order valence-electron chi connectivity index (χ1n) is 12.6. The largest absolute Gasteiger partial charge is 0.396 e. The van der Waals surface area contributed by atoms with Crippen molar-refractivity contribution >= 4 is 5.91 Å². The smallest absolute Gasteiger partial charge is 0.226 e. The number of carbonyl (C=O) groups excluding carboxylic acids is 1. The Labute approximate surface area is 188 Å². The summed E-state index contributed by atoms with van der Waals surface area (Å²) in [5, 5.41) is 41.5. The molecule has 0 saturated carbocycles. The first kappa shape index (κ1) is 26.5. The Morgan fingerprint density at radius 3 is 2.55 bits per heavy atom. The van der Waals surface area contributed by atoms with Gasteiger partial charge in [-0.15, -0.1) is 0 Å². The van der Waals surface area contributed by atoms with Gasteiger partial charge in [0.1, 0.15) is 0 Å². The average molecular weight is 442 g/mol. The third-order valence-corrected chi connectivity index (χ3v) is 7.26. The van der Waals surface area contributed by atoms with Crippen LogP contribution >= 0.6 is 0 Å². The van der Waals surface area contributed by atoms with Crippen LogP contribution in [0, 0.1) is 17.8 Å². The summed E-state index contributed by atoms with van der Waals surface area (Å²) >= 11 is 0. The summed E-state index contributed by atoms with van der Waals surface area (Å²) < 4.78 is 0. The van der Waals surface area contributed by atoms with Gasteiger partial charge in [0, 0.05) is 30.7 Å². The number of nitrogens with one attached hydrogen (secondary N) is 3. The van der Waals surface area contributed by atoms with Crippen LogP contribution in [0.25, 0.3) is 0 Å². The second kappa shape index (κ2) is 13.1. The molecule has 2 aliphatic heterocycles. The third-order valence-electron chi connectivity index (χ3n) is 7.26. The standard InChI is InChI=1S/C24H47N3O4/c1-4-5-12-26-23(31)21(19-8-6-13-25-19)24(10-7-14-27-24)11-9-20(29)22(30)18(16-28)15-17(2)3/h17-22,25,27-30H,4-16H2,1-3H3,(H,26,31)/t18-,19?,20+,21?,22-,24-/m1/s1. The highest BCUT2D eigenvalue weighted by molar-refractivity contribution is 5.81. The van der Waals surface area contributed by atoms with Crippen molar-refractivity contribution in [3.8, 4) is 0 Å². The molecule has 2 aliphatic rings. The molecular weight excluding hydrogens is 394 g/mol. The first-order valence-corrected chi connectivity index (χ1v) is 12.6. The van der Waals surface area contributed by atoms with Gasteiger partial charge in [-0.05, 0) is 70.4 Å². The molecule has 2 saturated heterocycles. The number of rotatable bonds is 14. The molecule has 2 rings (SSSR count). The fourth-order valence-electron chi connectivity index (χ4n) is 5.59. The van der Waals surface area contributed by atoms with Crippen molar-refractivity contribution in [2.75, 3.05) is 26.2 Å². The van der Waals surface area contributed by atoms with E-state index in [1.165, 1.54) is 0 Å². The second-order valence-electron chi connectivity index (χ2n) is 10.2. The van der Waals surface area contributed by atoms with Crippen molar-refractivity contribution < 1.29 is 20.1 Å². The lowest BCUT2D eigenvalue weighted by Crippen LogP contribution is -2.59. The average Bonchev–Trinajstić information content (AvgIpc) is 3.43. The SMILES string of the molecule is CCCCNC(=O)C(C1CCCN1)[C@]1(CC[C@H](O)[C@H](O)[C@@H](CO)CC(C)C)CCCN1. The van der Waals surface area contributed by atoms with E-state index in [0.717, 1.165) is 51.6 Å². The number of unbranched alkanes of at least 4 members (excludes halogenated alkanes) is 1. The van der Waals surface area contributed by atoms with E-state index in [9.17, 15) is 20.1 Å². The third kappa shape index (κ3) is 7.39. The fraction of sp³-hybridized carbons (Fsp3) is 0.958. The van der Waals surface area contributed by atoms with E-state index in [4.69, 9.17) is 0 Å². The molecule has 0 spiro atoms. The predicted octanol–water partition coefficient (Wildman–Crippen LogP) is 1.55. The predicted molar refractivity (Wildman–Crippen MR) is 124 cm³/mol. The van der Waals surface area contributed by atoms with Crippen molar-refractivity contribution in [2.24, 2.45) is 17.8 Å². The van der Waals surface area contributed by atoms with Crippen molar-refractivity contribution in [1.82, 2.24) is 16.0 Å². The molecular formula is C24H47N3O4. The van der Waals surface area contributed by atoms with Gasteiger partial charge in [-0.3, -0.25) is 4.79 Å². The van der Waals surface area contributed by atoms with Crippen LogP contribution in [-0.2, 0) is 4.79 Å². The van der Waals surface area contributed by atoms with E-state index in [1.54, 1.807) is 0 Å². The van der Waals surface area contributed by atoms with Crippen LogP contribution in [0.3, 0.4) is 0 Å². The van der Waals surface area contributed by atoms with Crippen LogP contribution in [0.4, 0.5) is 0 Å². The molecule has 0 aliphatic carbocycles. The highest BCUT2D eigenvalue weighted by Gasteiger charge is 2.49. The molecule has 2 heterocycles. The van der Waals surface area contributed by atoms with Crippen LogP contribution in [0.1, 0.15) is 78.6 Å². The van der Waals surface area contributed by atoms with Gasteiger partial charge in [-0.25, -0.2) is 0 Å². The van der Waals surface area contributed by atoms with Gasteiger partial charge >= 0.3 is 0 Å². The molecule has 0 bridgehead atoms. The molecule has 0 aromatic heterocycles. The molecule has 6 N–H and O–H groups in total. The molecule has 2 fully saturated rings. The summed E-state index contributed by atoms with van der Waals surface area (Å²) in [7, 11) is 0. The minimum absolute atomic E-state index is 0.102. The molecule has 6 atom stereocenters. The molecule has 182 valence electrons. The molecule has 1 amide bonds. The fourth-order valence-corrected chi connectivity index (χ4v) is 5.59. The minimum Gasteiger partial charge on any atom is -0.396 e. The molecule has 7 nitrogen and oxygen atoms in total. The van der Waals surface area contributed by atoms with Gasteiger partial charge in [0.15, 0.2) is 0 Å². The zero-order valence-electron chi connectivity index (χ0n) is 19.9. The van der Waals surface area contributed by atoms with Crippen molar-refractivity contribution in [2.45, 2.75) is 102 Å². The Bertz CT molecular complexity index is 519. The number of aliphatic hydroxyl groups excluding tert-OH is 3. The zero-order valence-corrected chi connectivity index (χ0v) is 19.9. The quantitative estimate of drug-likeness (QED) is 0.228. The van der Waals surface area contributed by atoms with Crippen LogP contribution in [-0.4, -0.2) is 71.3 Å². The van der Waals surface area contributed by atoms with E-state index in [-0.39, 0.29) is 35.9 Å². The Morgan fingerprint density at radius 2 is 2.00 bits per heavy atom. The van der Waals surface area contributed by atoms with Gasteiger partial charge in [0.25, 0.3) is 0 Å². The second-order valence-corrected chi connectivity index (χ2v) is 10.2. The zero-order chi connectivity index (χ0) is 22.9. The molecule has 0 aromatic rings. The molecule has 0 aromatic carbocycles. The van der Waals surface area contributed by atoms with Gasteiger partial charge < -0.3 is 31.3 Å². The number of hydrogen-bond acceptors (Lipinski definition) is 6. The van der Waals surface area contributed by atoms with Gasteiger partial charge in [0.05, 0.1) is 18.1 Å². The maximum absolute atomic E-state index is 13.3. The van der Waals surface area contributed by atoms with Crippen molar-refractivity contribution in [3.05, 3.63) is 0 Å². The first-order chi connectivity index (χ1) is 14.8. The Hall–Kier alpha value is -0.730. The normalized spacial score (nSPS) is 27.9. The lowest BCUT2D eigenvalue weighted by molar-refractivity contribution is -0.129. The number of carbonyl (C=O) groups is 1. The summed E-state index contributed by atoms with van der Waals surface area (Å²) in [6, 6.07) is 0.139. The number of hydrogen-bond donors (Lipinski definition) is 6. The van der Waals surface area contributed by atoms with E-state index in [0.29, 0.717) is 31.7 Å². The maximum atomic E-state index is 13.3. The monoisotopic (exact) mass is 441 g/mol. The molecule has 2 unspecified atom stereocenters. The van der Waals surface area contributed by atoms with Crippen LogP contribution in [0.5, 0.6) is 0 Å². The lowest BCUT2D eigenvalue weighted by atomic mass is 9.73. The molecule has 31 heavy (non-hydrogen) atoms. The van der Waals surface area contributed by atoms with Gasteiger partial charge in [-0.2, -0.15) is 0 Å². The summed E-state index contributed by atoms with van der Waals surface area (Å²) in [5.41, 5.74) is -0.369. The Balaban J connectivity index is 2.10. The van der Waals surface area contributed by atoms with Crippen LogP contribution in [0.2, 0.25) is 0 Å². The van der Waals surface area contributed by atoms with Crippen molar-refractivity contribution in [1.29, 1.82) is 0 Å². The van der Waals surface area contributed by atoms with E-state index in [1.807, 2.05) is 0 Å². The van der Waals surface area contributed by atoms with Gasteiger partial charge in [0.2, 0.25) is 5.91 Å². The summed E-state index contributed by atoms with van der Waals surface area (Å²) in [5.74, 6) is -0.0769. The lowest BCUT2D eigenvalue weighted by Gasteiger charge is -2.41. The summed E-state index contributed by atoms with van der Waals surface area (Å²) in [4.78, 5) is 13.3. The van der Waals surface area contributed by atoms with Crippen LogP contribution < -0.4 is 16.0 Å². The summed E-state index contributed by atoms with van der Waals surface area (Å²) in [6.45, 7) is 8.60. The van der Waals surface area contributed by atoms with E-state index < -0.39 is 12.2 Å². The summed E-state index contributed by atoms with van der Waals surface area (Å²) in [6.07, 6.45) is 5.85. The number of aliphatic hydroxyl groups is 3. The minimum atomic E-state index is -0.952. The highest BCUT2D eigenvalue weighted by atomic mass is 16.3. The topological polar surface area (TPSA) is 114 Å². The van der Waals surface area contributed by atoms with Crippen molar-refractivity contribution in [3.63, 3.8) is 0 Å². The molecule has 0 radical (unpaired) electrons. The number of amides is 1. The Morgan fingerprint density at radius 1 is 1.23 bits per heavy atom. The maximum Gasteiger partial charge on any atom is 0.226 e. The van der Waals surface area contributed by atoms with Gasteiger partial charge in [-0.1, -0.05) is 27.2 Å². The van der Waals surface area contributed by atoms with Crippen LogP contribution in [0.15, 0.2) is 0 Å². The van der Waals surface area contributed by atoms with E-state index >= 15 is 0 Å². The molecule has 7 heteroatoms.